The normalized spacial score (nSPS) is 12.8. The molecule has 0 aliphatic rings. The summed E-state index contributed by atoms with van der Waals surface area (Å²) < 4.78 is 6.48. The second-order valence-corrected chi connectivity index (χ2v) is 7.28. The van der Waals surface area contributed by atoms with Gasteiger partial charge in [0.1, 0.15) is 5.60 Å². The van der Waals surface area contributed by atoms with Crippen molar-refractivity contribution < 1.29 is 14.6 Å². The summed E-state index contributed by atoms with van der Waals surface area (Å²) in [4.78, 5) is 14.1. The van der Waals surface area contributed by atoms with Crippen molar-refractivity contribution in [3.05, 3.63) is 34.3 Å². The fraction of sp³-hybridized carbons (Fsp3) is 0.588. The topological polar surface area (TPSA) is 49.8 Å². The summed E-state index contributed by atoms with van der Waals surface area (Å²) in [5, 5.41) is 9.64. The first-order valence-corrected chi connectivity index (χ1v) is 8.41. The molecule has 0 aromatic heterocycles. The molecule has 0 aliphatic carbocycles. The molecular formula is C17H26BrNO3. The molecule has 1 aromatic carbocycles. The summed E-state index contributed by atoms with van der Waals surface area (Å²) in [6, 6.07) is 7.57. The van der Waals surface area contributed by atoms with Gasteiger partial charge in [0, 0.05) is 11.0 Å². The molecule has 4 nitrogen and oxygen atoms in total. The quantitative estimate of drug-likeness (QED) is 0.808. The summed E-state index contributed by atoms with van der Waals surface area (Å²) in [5.41, 5.74) is 0.449. The van der Waals surface area contributed by atoms with Gasteiger partial charge in [-0.05, 0) is 44.9 Å². The van der Waals surface area contributed by atoms with Gasteiger partial charge < -0.3 is 9.84 Å². The smallest absolute Gasteiger partial charge is 0.410 e. The summed E-state index contributed by atoms with van der Waals surface area (Å²) in [5.74, 6) is 0. The third kappa shape index (κ3) is 6.36. The van der Waals surface area contributed by atoms with Crippen LogP contribution in [-0.4, -0.2) is 34.3 Å². The van der Waals surface area contributed by atoms with Crippen molar-refractivity contribution >= 4 is 22.0 Å². The summed E-state index contributed by atoms with van der Waals surface area (Å²) in [7, 11) is 0. The standard InChI is InChI=1S/C17H26BrNO3/c1-5-6-15(12-20)19(16(21)22-17(2,3)4)11-13-7-9-14(18)10-8-13/h7-10,15,20H,5-6,11-12H2,1-4H3/t15-/m1/s1. The van der Waals surface area contributed by atoms with Crippen LogP contribution in [0, 0.1) is 0 Å². The van der Waals surface area contributed by atoms with Crippen molar-refractivity contribution in [3.63, 3.8) is 0 Å². The van der Waals surface area contributed by atoms with E-state index < -0.39 is 5.60 Å². The highest BCUT2D eigenvalue weighted by Crippen LogP contribution is 2.19. The van der Waals surface area contributed by atoms with Crippen LogP contribution in [0.5, 0.6) is 0 Å². The van der Waals surface area contributed by atoms with E-state index in [4.69, 9.17) is 4.74 Å². The van der Waals surface area contributed by atoms with Crippen molar-refractivity contribution in [2.75, 3.05) is 6.61 Å². The van der Waals surface area contributed by atoms with Crippen LogP contribution in [0.3, 0.4) is 0 Å². The van der Waals surface area contributed by atoms with Gasteiger partial charge in [0.05, 0.1) is 12.6 Å². The molecule has 0 heterocycles. The van der Waals surface area contributed by atoms with E-state index in [0.717, 1.165) is 22.9 Å². The van der Waals surface area contributed by atoms with Crippen molar-refractivity contribution in [1.82, 2.24) is 4.90 Å². The number of carbonyl (C=O) groups is 1. The van der Waals surface area contributed by atoms with Crippen LogP contribution in [0.1, 0.15) is 46.1 Å². The lowest BCUT2D eigenvalue weighted by atomic mass is 10.1. The molecule has 5 heteroatoms. The number of hydrogen-bond donors (Lipinski definition) is 1. The van der Waals surface area contributed by atoms with Gasteiger partial charge in [-0.15, -0.1) is 0 Å². The van der Waals surface area contributed by atoms with E-state index in [1.54, 1.807) is 4.90 Å². The minimum atomic E-state index is -0.554. The molecule has 1 amide bonds. The first-order chi connectivity index (χ1) is 10.3. The maximum Gasteiger partial charge on any atom is 0.410 e. The van der Waals surface area contributed by atoms with E-state index >= 15 is 0 Å². The SMILES string of the molecule is CCC[C@H](CO)N(Cc1ccc(Br)cc1)C(=O)OC(C)(C)C. The van der Waals surface area contributed by atoms with Gasteiger partial charge in [-0.2, -0.15) is 0 Å². The third-order valence-electron chi connectivity index (χ3n) is 3.17. The molecule has 1 N–H and O–H groups in total. The fourth-order valence-corrected chi connectivity index (χ4v) is 2.39. The van der Waals surface area contributed by atoms with Crippen molar-refractivity contribution in [2.24, 2.45) is 0 Å². The van der Waals surface area contributed by atoms with Crippen LogP contribution >= 0.6 is 15.9 Å². The summed E-state index contributed by atoms with van der Waals surface area (Å²) in [6.45, 7) is 7.93. The fourth-order valence-electron chi connectivity index (χ4n) is 2.13. The van der Waals surface area contributed by atoms with Crippen LogP contribution in [0.25, 0.3) is 0 Å². The van der Waals surface area contributed by atoms with Crippen LogP contribution in [-0.2, 0) is 11.3 Å². The molecule has 0 bridgehead atoms. The van der Waals surface area contributed by atoms with Gasteiger partial charge in [0.15, 0.2) is 0 Å². The van der Waals surface area contributed by atoms with Gasteiger partial charge in [0.25, 0.3) is 0 Å². The van der Waals surface area contributed by atoms with Crippen LogP contribution in [0.2, 0.25) is 0 Å². The first kappa shape index (κ1) is 19.0. The molecular weight excluding hydrogens is 346 g/mol. The number of rotatable bonds is 6. The summed E-state index contributed by atoms with van der Waals surface area (Å²) >= 11 is 3.40. The molecule has 1 atom stereocenters. The lowest BCUT2D eigenvalue weighted by Gasteiger charge is -2.32. The maximum atomic E-state index is 12.5. The minimum Gasteiger partial charge on any atom is -0.444 e. The number of carbonyl (C=O) groups excluding carboxylic acids is 1. The van der Waals surface area contributed by atoms with Gasteiger partial charge in [-0.3, -0.25) is 4.90 Å². The lowest BCUT2D eigenvalue weighted by Crippen LogP contribution is -2.44. The van der Waals surface area contributed by atoms with Crippen LogP contribution in [0.15, 0.2) is 28.7 Å². The van der Waals surface area contributed by atoms with E-state index in [-0.39, 0.29) is 18.7 Å². The molecule has 0 radical (unpaired) electrons. The Bertz CT molecular complexity index is 468. The molecule has 0 unspecified atom stereocenters. The highest BCUT2D eigenvalue weighted by Gasteiger charge is 2.27. The molecule has 0 saturated heterocycles. The zero-order valence-electron chi connectivity index (χ0n) is 13.8. The van der Waals surface area contributed by atoms with Gasteiger partial charge in [-0.25, -0.2) is 4.79 Å². The molecule has 1 aromatic rings. The monoisotopic (exact) mass is 371 g/mol. The van der Waals surface area contributed by atoms with Gasteiger partial charge in [-0.1, -0.05) is 41.4 Å². The Balaban J connectivity index is 2.94. The van der Waals surface area contributed by atoms with Gasteiger partial charge in [0.2, 0.25) is 0 Å². The first-order valence-electron chi connectivity index (χ1n) is 7.61. The van der Waals surface area contributed by atoms with Gasteiger partial charge >= 0.3 is 6.09 Å². The highest BCUT2D eigenvalue weighted by molar-refractivity contribution is 9.10. The minimum absolute atomic E-state index is 0.0659. The second-order valence-electron chi connectivity index (χ2n) is 6.36. The Hall–Kier alpha value is -1.07. The highest BCUT2D eigenvalue weighted by atomic mass is 79.9. The second kappa shape index (κ2) is 8.53. The molecule has 0 saturated carbocycles. The molecule has 0 aliphatic heterocycles. The number of hydrogen-bond acceptors (Lipinski definition) is 3. The number of aliphatic hydroxyl groups excluding tert-OH is 1. The number of benzene rings is 1. The van der Waals surface area contributed by atoms with Crippen molar-refractivity contribution in [3.8, 4) is 0 Å². The Morgan fingerprint density at radius 3 is 2.36 bits per heavy atom. The molecule has 22 heavy (non-hydrogen) atoms. The number of aliphatic hydroxyl groups is 1. The third-order valence-corrected chi connectivity index (χ3v) is 3.70. The number of nitrogens with zero attached hydrogens (tertiary/aromatic N) is 1. The molecule has 0 fully saturated rings. The average molecular weight is 372 g/mol. The zero-order valence-corrected chi connectivity index (χ0v) is 15.4. The maximum absolute atomic E-state index is 12.5. The molecule has 124 valence electrons. The van der Waals surface area contributed by atoms with Crippen molar-refractivity contribution in [1.29, 1.82) is 0 Å². The molecule has 0 spiro atoms. The van der Waals surface area contributed by atoms with Crippen LogP contribution in [0.4, 0.5) is 4.79 Å². The van der Waals surface area contributed by atoms with E-state index in [2.05, 4.69) is 15.9 Å². The van der Waals surface area contributed by atoms with Crippen molar-refractivity contribution in [2.45, 2.75) is 58.7 Å². The Kier molecular flexibility index (Phi) is 7.36. The zero-order chi connectivity index (χ0) is 16.8. The largest absolute Gasteiger partial charge is 0.444 e. The number of ether oxygens (including phenoxy) is 1. The Morgan fingerprint density at radius 1 is 1.32 bits per heavy atom. The Morgan fingerprint density at radius 2 is 1.91 bits per heavy atom. The predicted octanol–water partition coefficient (Wildman–Crippen LogP) is 4.35. The van der Waals surface area contributed by atoms with E-state index in [1.807, 2.05) is 52.0 Å². The predicted molar refractivity (Wildman–Crippen MR) is 91.7 cm³/mol. The number of amides is 1. The van der Waals surface area contributed by atoms with E-state index in [9.17, 15) is 9.90 Å². The Labute approximate surface area is 141 Å². The molecule has 1 rings (SSSR count). The van der Waals surface area contributed by atoms with E-state index in [0.29, 0.717) is 6.54 Å². The average Bonchev–Trinajstić information content (AvgIpc) is 2.42. The van der Waals surface area contributed by atoms with Crippen LogP contribution < -0.4 is 0 Å². The lowest BCUT2D eigenvalue weighted by molar-refractivity contribution is 0.00566. The summed E-state index contributed by atoms with van der Waals surface area (Å²) in [6.07, 6.45) is 1.25. The number of halogens is 1. The van der Waals surface area contributed by atoms with E-state index in [1.165, 1.54) is 0 Å².